The summed E-state index contributed by atoms with van der Waals surface area (Å²) in [6, 6.07) is 23.5. The Labute approximate surface area is 198 Å². The summed E-state index contributed by atoms with van der Waals surface area (Å²) >= 11 is 11.3. The molecule has 2 aromatic carbocycles. The van der Waals surface area contributed by atoms with Gasteiger partial charge in [0.2, 0.25) is 0 Å². The summed E-state index contributed by atoms with van der Waals surface area (Å²) in [6.07, 6.45) is 1.06. The fourth-order valence-electron chi connectivity index (χ4n) is 4.70. The first-order chi connectivity index (χ1) is 15.6. The highest BCUT2D eigenvalue weighted by Gasteiger charge is 2.36. The van der Waals surface area contributed by atoms with Crippen LogP contribution in [0.1, 0.15) is 23.6 Å². The van der Waals surface area contributed by atoms with Crippen molar-refractivity contribution in [3.8, 4) is 0 Å². The van der Waals surface area contributed by atoms with Gasteiger partial charge in [0, 0.05) is 54.3 Å². The van der Waals surface area contributed by atoms with E-state index in [1.54, 1.807) is 6.07 Å². The van der Waals surface area contributed by atoms with Crippen LogP contribution in [0.25, 0.3) is 0 Å². The Morgan fingerprint density at radius 1 is 0.844 bits per heavy atom. The summed E-state index contributed by atoms with van der Waals surface area (Å²) in [5, 5.41) is 7.33. The molecule has 3 aromatic rings. The molecule has 32 heavy (non-hydrogen) atoms. The molecule has 5 nitrogen and oxygen atoms in total. The lowest BCUT2D eigenvalue weighted by atomic mass is 9.83. The smallest absolute Gasteiger partial charge is 0.251 e. The van der Waals surface area contributed by atoms with Crippen molar-refractivity contribution in [2.45, 2.75) is 18.9 Å². The molecule has 2 unspecified atom stereocenters. The molecule has 5 rings (SSSR count). The number of rotatable bonds is 3. The summed E-state index contributed by atoms with van der Waals surface area (Å²) in [6.45, 7) is 2.36. The van der Waals surface area contributed by atoms with E-state index in [1.807, 2.05) is 65.2 Å². The third-order valence-corrected chi connectivity index (χ3v) is 6.86. The van der Waals surface area contributed by atoms with Gasteiger partial charge in [-0.25, -0.2) is 0 Å². The third kappa shape index (κ3) is 4.31. The van der Waals surface area contributed by atoms with Crippen LogP contribution in [-0.2, 0) is 6.54 Å². The van der Waals surface area contributed by atoms with Crippen molar-refractivity contribution in [1.29, 1.82) is 0 Å². The van der Waals surface area contributed by atoms with Gasteiger partial charge in [0.05, 0.1) is 0 Å². The fraction of sp³-hybridized carbons (Fsp3) is 0.240. The average Bonchev–Trinajstić information content (AvgIpc) is 2.81. The van der Waals surface area contributed by atoms with Gasteiger partial charge in [0.1, 0.15) is 4.99 Å². The van der Waals surface area contributed by atoms with E-state index in [2.05, 4.69) is 21.6 Å². The number of thiocarbonyl (C=S) groups is 2. The van der Waals surface area contributed by atoms with E-state index in [0.717, 1.165) is 47.3 Å². The number of anilines is 2. The third-order valence-electron chi connectivity index (χ3n) is 6.16. The van der Waals surface area contributed by atoms with Crippen molar-refractivity contribution in [1.82, 2.24) is 9.47 Å². The number of likely N-dealkylation sites (tertiary alicyclic amines) is 1. The molecule has 7 heteroatoms. The second-order valence-corrected chi connectivity index (χ2v) is 9.23. The van der Waals surface area contributed by atoms with Crippen molar-refractivity contribution in [2.75, 3.05) is 23.7 Å². The number of pyridine rings is 1. The molecule has 0 spiro atoms. The molecule has 2 atom stereocenters. The molecular formula is C25H24N4OS2. The number of hydrogen-bond donors (Lipinski definition) is 2. The Morgan fingerprint density at radius 2 is 1.50 bits per heavy atom. The maximum absolute atomic E-state index is 13.0. The van der Waals surface area contributed by atoms with Crippen molar-refractivity contribution in [3.63, 3.8) is 0 Å². The molecule has 0 radical (unpaired) electrons. The van der Waals surface area contributed by atoms with E-state index < -0.39 is 0 Å². The minimum Gasteiger partial charge on any atom is -0.348 e. The summed E-state index contributed by atoms with van der Waals surface area (Å²) < 4.78 is 1.93. The molecule has 0 aliphatic carbocycles. The number of nitrogens with zero attached hydrogens (tertiary/aromatic N) is 2. The Balaban J connectivity index is 1.37. The van der Waals surface area contributed by atoms with Crippen LogP contribution in [0.3, 0.4) is 0 Å². The molecule has 1 fully saturated rings. The summed E-state index contributed by atoms with van der Waals surface area (Å²) in [5.74, 6) is 0.639. The Kier molecular flexibility index (Phi) is 5.76. The summed E-state index contributed by atoms with van der Waals surface area (Å²) in [7, 11) is 0. The molecule has 1 saturated heterocycles. The lowest BCUT2D eigenvalue weighted by Gasteiger charge is -2.43. The normalized spacial score (nSPS) is 19.1. The van der Waals surface area contributed by atoms with Gasteiger partial charge < -0.3 is 20.1 Å². The maximum Gasteiger partial charge on any atom is 0.251 e. The van der Waals surface area contributed by atoms with E-state index in [-0.39, 0.29) is 11.5 Å². The van der Waals surface area contributed by atoms with Gasteiger partial charge in [-0.05, 0) is 54.9 Å². The quantitative estimate of drug-likeness (QED) is 0.563. The predicted molar refractivity (Wildman–Crippen MR) is 138 cm³/mol. The highest BCUT2D eigenvalue weighted by molar-refractivity contribution is 7.81. The van der Waals surface area contributed by atoms with Gasteiger partial charge in [0.15, 0.2) is 5.11 Å². The standard InChI is InChI=1S/C25H24N4OS2/c30-23-13-18(24(31)26-20-7-3-1-4-8-20)12-22-19-11-17(15-29(22)23)14-28(16-19)25(32)27-21-9-5-2-6-10-21/h1-10,12-13,17,19H,11,14-16H2,(H,26,31)(H,27,32). The van der Waals surface area contributed by atoms with Gasteiger partial charge >= 0.3 is 0 Å². The predicted octanol–water partition coefficient (Wildman–Crippen LogP) is 4.45. The molecular weight excluding hydrogens is 436 g/mol. The van der Waals surface area contributed by atoms with Crippen LogP contribution in [0.15, 0.2) is 77.6 Å². The monoisotopic (exact) mass is 460 g/mol. The molecule has 2 bridgehead atoms. The van der Waals surface area contributed by atoms with E-state index >= 15 is 0 Å². The lowest BCUT2D eigenvalue weighted by molar-refractivity contribution is 0.180. The summed E-state index contributed by atoms with van der Waals surface area (Å²) in [5.41, 5.74) is 3.73. The lowest BCUT2D eigenvalue weighted by Crippen LogP contribution is -2.50. The first-order valence-electron chi connectivity index (χ1n) is 10.8. The second kappa shape index (κ2) is 8.84. The summed E-state index contributed by atoms with van der Waals surface area (Å²) in [4.78, 5) is 15.8. The number of benzene rings is 2. The van der Waals surface area contributed by atoms with Gasteiger partial charge in [-0.15, -0.1) is 0 Å². The fourth-order valence-corrected chi connectivity index (χ4v) is 5.21. The van der Waals surface area contributed by atoms with Crippen LogP contribution in [0.5, 0.6) is 0 Å². The molecule has 0 amide bonds. The number of hydrogen-bond acceptors (Lipinski definition) is 3. The number of nitrogens with one attached hydrogen (secondary N) is 2. The zero-order valence-corrected chi connectivity index (χ0v) is 19.2. The Hall–Kier alpha value is -3.03. The second-order valence-electron chi connectivity index (χ2n) is 8.44. The molecule has 2 aliphatic heterocycles. The minimum atomic E-state index is 0.0165. The van der Waals surface area contributed by atoms with E-state index in [9.17, 15) is 4.79 Å². The molecule has 1 aromatic heterocycles. The van der Waals surface area contributed by atoms with Crippen LogP contribution in [0, 0.1) is 5.92 Å². The minimum absolute atomic E-state index is 0.0165. The van der Waals surface area contributed by atoms with Crippen molar-refractivity contribution in [3.05, 3.63) is 94.4 Å². The average molecular weight is 461 g/mol. The highest BCUT2D eigenvalue weighted by atomic mass is 32.1. The first-order valence-corrected chi connectivity index (χ1v) is 11.6. The van der Waals surface area contributed by atoms with E-state index in [4.69, 9.17) is 24.4 Å². The van der Waals surface area contributed by atoms with Crippen LogP contribution < -0.4 is 16.2 Å². The first kappa shape index (κ1) is 20.8. The molecule has 162 valence electrons. The number of fused-ring (bicyclic) bond motifs is 4. The van der Waals surface area contributed by atoms with Gasteiger partial charge in [-0.3, -0.25) is 4.79 Å². The Bertz CT molecular complexity index is 1210. The number of aromatic nitrogens is 1. The van der Waals surface area contributed by atoms with Crippen molar-refractivity contribution >= 4 is 45.9 Å². The highest BCUT2D eigenvalue weighted by Crippen LogP contribution is 2.35. The molecule has 2 aliphatic rings. The van der Waals surface area contributed by atoms with Crippen LogP contribution in [0.4, 0.5) is 11.4 Å². The molecule has 0 saturated carbocycles. The van der Waals surface area contributed by atoms with Crippen molar-refractivity contribution in [2.24, 2.45) is 5.92 Å². The van der Waals surface area contributed by atoms with Gasteiger partial charge in [-0.2, -0.15) is 0 Å². The van der Waals surface area contributed by atoms with Gasteiger partial charge in [0.25, 0.3) is 5.56 Å². The largest absolute Gasteiger partial charge is 0.348 e. The van der Waals surface area contributed by atoms with Crippen LogP contribution >= 0.6 is 24.4 Å². The number of para-hydroxylation sites is 2. The van der Waals surface area contributed by atoms with Gasteiger partial charge in [-0.1, -0.05) is 48.6 Å². The zero-order chi connectivity index (χ0) is 22.1. The van der Waals surface area contributed by atoms with Crippen LogP contribution in [0.2, 0.25) is 0 Å². The zero-order valence-electron chi connectivity index (χ0n) is 17.5. The maximum atomic E-state index is 13.0. The SMILES string of the molecule is O=c1cc(C(=S)Nc2ccccc2)cc2n1CC1CC2CN(C(=S)Nc2ccccc2)C1. The number of piperidine rings is 1. The van der Waals surface area contributed by atoms with E-state index in [0.29, 0.717) is 17.5 Å². The molecule has 3 heterocycles. The van der Waals surface area contributed by atoms with Crippen LogP contribution in [-0.4, -0.2) is 32.7 Å². The van der Waals surface area contributed by atoms with Crippen molar-refractivity contribution < 1.29 is 0 Å². The molecule has 2 N–H and O–H groups in total. The Morgan fingerprint density at radius 3 is 2.19 bits per heavy atom. The topological polar surface area (TPSA) is 49.3 Å². The van der Waals surface area contributed by atoms with E-state index in [1.165, 1.54) is 0 Å².